The second-order valence-corrected chi connectivity index (χ2v) is 4.97. The lowest BCUT2D eigenvalue weighted by atomic mass is 10.1. The molecule has 1 N–H and O–H groups in total. The molecule has 0 amide bonds. The highest BCUT2D eigenvalue weighted by Gasteiger charge is 2.29. The number of aliphatic hydroxyl groups is 1. The fraction of sp³-hybridized carbons (Fsp3) is 0.571. The van der Waals surface area contributed by atoms with Crippen LogP contribution in [0.2, 0.25) is 0 Å². The topological polar surface area (TPSA) is 75.8 Å². The summed E-state index contributed by atoms with van der Waals surface area (Å²) in [6.07, 6.45) is 3.63. The average molecular weight is 280 g/mol. The molecule has 1 unspecified atom stereocenters. The lowest BCUT2D eigenvalue weighted by Crippen LogP contribution is -2.29. The molecule has 1 aliphatic heterocycles. The van der Waals surface area contributed by atoms with Crippen molar-refractivity contribution in [1.82, 2.24) is 0 Å². The normalized spacial score (nSPS) is 18.3. The van der Waals surface area contributed by atoms with E-state index in [4.69, 9.17) is 9.84 Å². The highest BCUT2D eigenvalue weighted by Crippen LogP contribution is 2.37. The molecule has 1 atom stereocenters. The summed E-state index contributed by atoms with van der Waals surface area (Å²) in [4.78, 5) is 13.0. The maximum atomic E-state index is 11.3. The third kappa shape index (κ3) is 3.01. The third-order valence-corrected chi connectivity index (χ3v) is 3.76. The molecule has 0 spiro atoms. The molecule has 6 nitrogen and oxygen atoms in total. The van der Waals surface area contributed by atoms with Crippen LogP contribution in [0.15, 0.2) is 18.2 Å². The van der Waals surface area contributed by atoms with Crippen LogP contribution in [0.4, 0.5) is 11.4 Å². The van der Waals surface area contributed by atoms with Crippen molar-refractivity contribution in [2.45, 2.75) is 31.7 Å². The van der Waals surface area contributed by atoms with E-state index >= 15 is 0 Å². The highest BCUT2D eigenvalue weighted by molar-refractivity contribution is 5.66. The van der Waals surface area contributed by atoms with E-state index in [9.17, 15) is 10.1 Å². The van der Waals surface area contributed by atoms with E-state index < -0.39 is 0 Å². The fourth-order valence-corrected chi connectivity index (χ4v) is 2.80. The summed E-state index contributed by atoms with van der Waals surface area (Å²) in [7, 11) is 1.50. The second kappa shape index (κ2) is 6.56. The Kier molecular flexibility index (Phi) is 4.79. The summed E-state index contributed by atoms with van der Waals surface area (Å²) >= 11 is 0. The van der Waals surface area contributed by atoms with Crippen molar-refractivity contribution in [3.8, 4) is 5.75 Å². The summed E-state index contributed by atoms with van der Waals surface area (Å²) in [5.74, 6) is 0.492. The number of ether oxygens (including phenoxy) is 1. The molecule has 0 saturated carbocycles. The Labute approximate surface area is 118 Å². The lowest BCUT2D eigenvalue weighted by Gasteiger charge is -2.26. The maximum Gasteiger partial charge on any atom is 0.296 e. The summed E-state index contributed by atoms with van der Waals surface area (Å²) in [5, 5.41) is 20.2. The van der Waals surface area contributed by atoms with Crippen molar-refractivity contribution in [2.24, 2.45) is 0 Å². The van der Waals surface area contributed by atoms with Gasteiger partial charge in [-0.1, -0.05) is 0 Å². The van der Waals surface area contributed by atoms with Gasteiger partial charge in [0.05, 0.1) is 18.1 Å². The van der Waals surface area contributed by atoms with Gasteiger partial charge in [-0.3, -0.25) is 10.1 Å². The van der Waals surface area contributed by atoms with Crippen LogP contribution < -0.4 is 9.64 Å². The molecule has 20 heavy (non-hydrogen) atoms. The minimum Gasteiger partial charge on any atom is -0.496 e. The monoisotopic (exact) mass is 280 g/mol. The van der Waals surface area contributed by atoms with Gasteiger partial charge in [0, 0.05) is 19.2 Å². The Morgan fingerprint density at radius 1 is 1.55 bits per heavy atom. The zero-order chi connectivity index (χ0) is 14.5. The first-order valence-corrected chi connectivity index (χ1v) is 6.87. The predicted molar refractivity (Wildman–Crippen MR) is 76.3 cm³/mol. The first-order valence-electron chi connectivity index (χ1n) is 6.87. The molecule has 1 saturated heterocycles. The van der Waals surface area contributed by atoms with Gasteiger partial charge in [-0.05, 0) is 37.8 Å². The van der Waals surface area contributed by atoms with Gasteiger partial charge in [0.25, 0.3) is 5.69 Å². The molecule has 2 rings (SSSR count). The lowest BCUT2D eigenvalue weighted by molar-refractivity contribution is -0.384. The number of nitro groups is 1. The molecule has 0 aromatic heterocycles. The van der Waals surface area contributed by atoms with Gasteiger partial charge in [-0.2, -0.15) is 0 Å². The molecule has 1 aliphatic rings. The fourth-order valence-electron chi connectivity index (χ4n) is 2.80. The largest absolute Gasteiger partial charge is 0.496 e. The molecule has 1 aromatic rings. The summed E-state index contributed by atoms with van der Waals surface area (Å²) < 4.78 is 5.06. The Morgan fingerprint density at radius 3 is 3.00 bits per heavy atom. The highest BCUT2D eigenvalue weighted by atomic mass is 16.6. The van der Waals surface area contributed by atoms with Gasteiger partial charge in [0.1, 0.15) is 11.4 Å². The van der Waals surface area contributed by atoms with Crippen molar-refractivity contribution >= 4 is 11.4 Å². The van der Waals surface area contributed by atoms with Crippen molar-refractivity contribution in [1.29, 1.82) is 0 Å². The number of hydrogen-bond donors (Lipinski definition) is 1. The number of methoxy groups -OCH3 is 1. The summed E-state index contributed by atoms with van der Waals surface area (Å²) in [6.45, 7) is 0.984. The van der Waals surface area contributed by atoms with Crippen LogP contribution >= 0.6 is 0 Å². The Hall–Kier alpha value is -1.82. The molecular formula is C14H20N2O4. The van der Waals surface area contributed by atoms with E-state index in [1.165, 1.54) is 13.2 Å². The third-order valence-electron chi connectivity index (χ3n) is 3.76. The molecule has 1 fully saturated rings. The van der Waals surface area contributed by atoms with Gasteiger partial charge < -0.3 is 14.7 Å². The van der Waals surface area contributed by atoms with E-state index in [-0.39, 0.29) is 23.3 Å². The SMILES string of the molecule is COc1ccc(N2CCCC2CCCO)c([N+](=O)[O-])c1. The summed E-state index contributed by atoms with van der Waals surface area (Å²) in [6, 6.07) is 5.25. The number of nitrogens with zero attached hydrogens (tertiary/aromatic N) is 2. The standard InChI is InChI=1S/C14H20N2O4/c1-20-12-6-7-13(14(10-12)16(18)19)15-8-2-4-11(15)5-3-9-17/h6-7,10-11,17H,2-5,8-9H2,1H3. The van der Waals surface area contributed by atoms with Crippen molar-refractivity contribution < 1.29 is 14.8 Å². The Morgan fingerprint density at radius 2 is 2.35 bits per heavy atom. The molecule has 0 radical (unpaired) electrons. The van der Waals surface area contributed by atoms with Crippen LogP contribution in [-0.2, 0) is 0 Å². The van der Waals surface area contributed by atoms with Gasteiger partial charge >= 0.3 is 0 Å². The number of aliphatic hydroxyl groups excluding tert-OH is 1. The molecule has 1 heterocycles. The van der Waals surface area contributed by atoms with Gasteiger partial charge in [-0.25, -0.2) is 0 Å². The van der Waals surface area contributed by atoms with Gasteiger partial charge in [0.15, 0.2) is 0 Å². The molecular weight excluding hydrogens is 260 g/mol. The van der Waals surface area contributed by atoms with Gasteiger partial charge in [0.2, 0.25) is 0 Å². The molecule has 0 aliphatic carbocycles. The minimum atomic E-state index is -0.362. The van der Waals surface area contributed by atoms with E-state index in [1.807, 2.05) is 0 Å². The molecule has 0 bridgehead atoms. The van der Waals surface area contributed by atoms with Gasteiger partial charge in [-0.15, -0.1) is 0 Å². The van der Waals surface area contributed by atoms with E-state index in [1.54, 1.807) is 12.1 Å². The number of rotatable bonds is 6. The van der Waals surface area contributed by atoms with Crippen LogP contribution in [0, 0.1) is 10.1 Å². The predicted octanol–water partition coefficient (Wildman–Crippen LogP) is 2.34. The van der Waals surface area contributed by atoms with Crippen molar-refractivity contribution in [3.63, 3.8) is 0 Å². The average Bonchev–Trinajstić information content (AvgIpc) is 2.92. The Bertz CT molecular complexity index is 478. The van der Waals surface area contributed by atoms with E-state index in [0.717, 1.165) is 32.2 Å². The zero-order valence-electron chi connectivity index (χ0n) is 11.6. The van der Waals surface area contributed by atoms with Crippen LogP contribution in [0.3, 0.4) is 0 Å². The number of nitro benzene ring substituents is 1. The maximum absolute atomic E-state index is 11.3. The number of anilines is 1. The van der Waals surface area contributed by atoms with Crippen molar-refractivity contribution in [3.05, 3.63) is 28.3 Å². The summed E-state index contributed by atoms with van der Waals surface area (Å²) in [5.41, 5.74) is 0.733. The van der Waals surface area contributed by atoms with Crippen LogP contribution in [-0.4, -0.2) is 36.3 Å². The van der Waals surface area contributed by atoms with E-state index in [0.29, 0.717) is 11.4 Å². The van der Waals surface area contributed by atoms with E-state index in [2.05, 4.69) is 4.90 Å². The van der Waals surface area contributed by atoms with Crippen LogP contribution in [0.25, 0.3) is 0 Å². The van der Waals surface area contributed by atoms with Crippen molar-refractivity contribution in [2.75, 3.05) is 25.2 Å². The zero-order valence-corrected chi connectivity index (χ0v) is 11.6. The Balaban J connectivity index is 2.28. The molecule has 1 aromatic carbocycles. The second-order valence-electron chi connectivity index (χ2n) is 4.97. The molecule has 110 valence electrons. The van der Waals surface area contributed by atoms with Crippen LogP contribution in [0.5, 0.6) is 5.75 Å². The number of benzene rings is 1. The first kappa shape index (κ1) is 14.6. The van der Waals surface area contributed by atoms with Crippen LogP contribution in [0.1, 0.15) is 25.7 Å². The molecule has 6 heteroatoms. The smallest absolute Gasteiger partial charge is 0.296 e. The minimum absolute atomic E-state index is 0.0836. The quantitative estimate of drug-likeness (QED) is 0.639. The first-order chi connectivity index (χ1) is 9.67. The number of hydrogen-bond acceptors (Lipinski definition) is 5.